The molecule has 3 rings (SSSR count). The molecule has 29 heavy (non-hydrogen) atoms. The van der Waals surface area contributed by atoms with E-state index in [1.54, 1.807) is 0 Å². The summed E-state index contributed by atoms with van der Waals surface area (Å²) < 4.78 is 28.3. The van der Waals surface area contributed by atoms with Gasteiger partial charge in [-0.25, -0.2) is 0 Å². The first-order chi connectivity index (χ1) is 13.8. The minimum Gasteiger partial charge on any atom is -0.461 e. The van der Waals surface area contributed by atoms with Crippen molar-refractivity contribution in [1.29, 1.82) is 0 Å². The summed E-state index contributed by atoms with van der Waals surface area (Å²) in [5.74, 6) is -0.817. The number of carbonyl (C=O) groups excluding carboxylic acids is 3. The van der Waals surface area contributed by atoms with Gasteiger partial charge in [-0.15, -0.1) is 23.1 Å². The maximum Gasteiger partial charge on any atom is 0.377 e. The number of β-lactam (4-membered cyclic amide) rings is 1. The number of amides is 2. The fraction of sp³-hybridized carbons (Fsp3) is 0.471. The van der Waals surface area contributed by atoms with Crippen molar-refractivity contribution >= 4 is 48.5 Å². The van der Waals surface area contributed by atoms with E-state index in [4.69, 9.17) is 13.8 Å². The first kappa shape index (κ1) is 22.0. The molecular weight excluding hydrogens is 439 g/mol. The molecule has 0 unspecified atom stereocenters. The molecule has 0 bridgehead atoms. The van der Waals surface area contributed by atoms with E-state index in [1.807, 2.05) is 17.5 Å². The second kappa shape index (κ2) is 9.01. The minimum absolute atomic E-state index is 0.0845. The molecule has 158 valence electrons. The third-order valence-corrected chi connectivity index (χ3v) is 8.66. The molecule has 2 amide bonds. The average molecular weight is 460 g/mol. The molecule has 1 N–H and O–H groups in total. The highest BCUT2D eigenvalue weighted by atomic mass is 32.2. The molecular formula is C17H21N2O7PS2. The quantitative estimate of drug-likeness (QED) is 0.356. The second-order valence-electron chi connectivity index (χ2n) is 6.28. The van der Waals surface area contributed by atoms with Crippen LogP contribution in [-0.2, 0) is 39.2 Å². The third kappa shape index (κ3) is 4.44. The van der Waals surface area contributed by atoms with Crippen molar-refractivity contribution in [2.75, 3.05) is 26.6 Å². The molecule has 3 heterocycles. The highest BCUT2D eigenvalue weighted by molar-refractivity contribution is 8.00. The van der Waals surface area contributed by atoms with Crippen molar-refractivity contribution in [3.63, 3.8) is 0 Å². The monoisotopic (exact) mass is 460 g/mol. The van der Waals surface area contributed by atoms with E-state index < -0.39 is 30.9 Å². The lowest BCUT2D eigenvalue weighted by Gasteiger charge is -2.50. The molecule has 12 heteroatoms. The Hall–Kier alpha value is -1.65. The van der Waals surface area contributed by atoms with E-state index in [0.717, 1.165) is 4.88 Å². The van der Waals surface area contributed by atoms with Gasteiger partial charge < -0.3 is 19.1 Å². The Morgan fingerprint density at radius 2 is 2.07 bits per heavy atom. The van der Waals surface area contributed by atoms with Crippen LogP contribution in [0.3, 0.4) is 0 Å². The lowest BCUT2D eigenvalue weighted by atomic mass is 10.1. The SMILES string of the molecule is COP(=O)(OC)C1=C(COC(C)=O)CS[C@@H]2[C@H](NC(=O)Cc3cccs3)C(=O)N12. The van der Waals surface area contributed by atoms with E-state index in [-0.39, 0.29) is 24.4 Å². The van der Waals surface area contributed by atoms with Gasteiger partial charge in [0.05, 0.1) is 6.42 Å². The summed E-state index contributed by atoms with van der Waals surface area (Å²) in [5, 5.41) is 4.19. The number of rotatable bonds is 8. The summed E-state index contributed by atoms with van der Waals surface area (Å²) in [6.45, 7) is 1.14. The molecule has 0 saturated carbocycles. The zero-order valence-electron chi connectivity index (χ0n) is 16.1. The standard InChI is InChI=1S/C17H21N2O7PS2/c1-10(20)26-8-11-9-29-17-14(18-13(21)7-12-5-4-6-28-12)15(22)19(17)16(11)27(23,24-2)25-3/h4-6,14,17H,7-9H2,1-3H3,(H,18,21)/t14-,17-/m1/s1. The van der Waals surface area contributed by atoms with Crippen LogP contribution in [0.1, 0.15) is 11.8 Å². The number of esters is 1. The molecule has 2 aliphatic rings. The van der Waals surface area contributed by atoms with E-state index in [2.05, 4.69) is 5.32 Å². The van der Waals surface area contributed by atoms with Crippen molar-refractivity contribution in [2.45, 2.75) is 24.8 Å². The number of carbonyl (C=O) groups is 3. The highest BCUT2D eigenvalue weighted by Gasteiger charge is 2.57. The molecule has 0 aliphatic carbocycles. The van der Waals surface area contributed by atoms with Gasteiger partial charge in [-0.05, 0) is 11.4 Å². The number of ether oxygens (including phenoxy) is 1. The predicted molar refractivity (Wildman–Crippen MR) is 108 cm³/mol. The minimum atomic E-state index is -3.79. The van der Waals surface area contributed by atoms with Gasteiger partial charge in [0, 0.05) is 37.3 Å². The molecule has 0 aromatic carbocycles. The Morgan fingerprint density at radius 1 is 1.34 bits per heavy atom. The number of thiophene rings is 1. The van der Waals surface area contributed by atoms with Crippen LogP contribution in [0.15, 0.2) is 28.5 Å². The molecule has 1 fully saturated rings. The van der Waals surface area contributed by atoms with Gasteiger partial charge in [-0.1, -0.05) is 6.07 Å². The largest absolute Gasteiger partial charge is 0.461 e. The second-order valence-corrected chi connectivity index (χ2v) is 10.6. The van der Waals surface area contributed by atoms with Gasteiger partial charge in [0.25, 0.3) is 5.91 Å². The number of hydrogen-bond donors (Lipinski definition) is 1. The van der Waals surface area contributed by atoms with Gasteiger partial charge in [0.2, 0.25) is 5.91 Å². The molecule has 0 radical (unpaired) electrons. The van der Waals surface area contributed by atoms with Crippen LogP contribution >= 0.6 is 30.7 Å². The van der Waals surface area contributed by atoms with Crippen LogP contribution in [0.25, 0.3) is 0 Å². The first-order valence-electron chi connectivity index (χ1n) is 8.64. The molecule has 0 spiro atoms. The van der Waals surface area contributed by atoms with Crippen LogP contribution in [-0.4, -0.2) is 60.7 Å². The van der Waals surface area contributed by atoms with Crippen LogP contribution in [0, 0.1) is 0 Å². The summed E-state index contributed by atoms with van der Waals surface area (Å²) in [4.78, 5) is 38.6. The fourth-order valence-electron chi connectivity index (χ4n) is 3.08. The Morgan fingerprint density at radius 3 is 2.66 bits per heavy atom. The fourth-order valence-corrected chi connectivity index (χ4v) is 6.81. The van der Waals surface area contributed by atoms with Crippen LogP contribution in [0.4, 0.5) is 0 Å². The summed E-state index contributed by atoms with van der Waals surface area (Å²) in [6.07, 6.45) is 0.188. The van der Waals surface area contributed by atoms with Crippen LogP contribution in [0.2, 0.25) is 0 Å². The number of nitrogens with zero attached hydrogens (tertiary/aromatic N) is 1. The number of fused-ring (bicyclic) bond motifs is 1. The van der Waals surface area contributed by atoms with E-state index in [9.17, 15) is 18.9 Å². The summed E-state index contributed by atoms with van der Waals surface area (Å²) >= 11 is 2.85. The number of thioether (sulfide) groups is 1. The van der Waals surface area contributed by atoms with Crippen molar-refractivity contribution in [2.24, 2.45) is 0 Å². The van der Waals surface area contributed by atoms with Gasteiger partial charge >= 0.3 is 13.6 Å². The topological polar surface area (TPSA) is 111 Å². The summed E-state index contributed by atoms with van der Waals surface area (Å²) in [6, 6.07) is 2.97. The van der Waals surface area contributed by atoms with Gasteiger partial charge in [0.1, 0.15) is 23.5 Å². The zero-order chi connectivity index (χ0) is 21.2. The Labute approximate surface area is 176 Å². The molecule has 1 aromatic heterocycles. The lowest BCUT2D eigenvalue weighted by Crippen LogP contribution is -2.70. The third-order valence-electron chi connectivity index (χ3n) is 4.44. The van der Waals surface area contributed by atoms with Crippen molar-refractivity contribution < 1.29 is 32.7 Å². The van der Waals surface area contributed by atoms with E-state index in [0.29, 0.717) is 11.3 Å². The Kier molecular flexibility index (Phi) is 6.85. The number of nitrogens with one attached hydrogen (secondary N) is 1. The summed E-state index contributed by atoms with van der Waals surface area (Å²) in [7, 11) is -1.34. The van der Waals surface area contributed by atoms with E-state index >= 15 is 0 Å². The summed E-state index contributed by atoms with van der Waals surface area (Å²) in [5.41, 5.74) is 0.562. The normalized spacial score (nSPS) is 21.5. The highest BCUT2D eigenvalue weighted by Crippen LogP contribution is 2.61. The van der Waals surface area contributed by atoms with E-state index in [1.165, 1.54) is 49.1 Å². The molecule has 2 atom stereocenters. The van der Waals surface area contributed by atoms with Gasteiger partial charge in [0.15, 0.2) is 0 Å². The molecule has 1 aromatic rings. The van der Waals surface area contributed by atoms with Crippen molar-refractivity contribution in [3.05, 3.63) is 33.4 Å². The maximum atomic E-state index is 13.1. The Balaban J connectivity index is 1.80. The average Bonchev–Trinajstić information content (AvgIpc) is 3.21. The lowest BCUT2D eigenvalue weighted by molar-refractivity contribution is -0.145. The van der Waals surface area contributed by atoms with Gasteiger partial charge in [-0.3, -0.25) is 23.8 Å². The predicted octanol–water partition coefficient (Wildman–Crippen LogP) is 1.95. The van der Waals surface area contributed by atoms with Crippen LogP contribution < -0.4 is 5.32 Å². The van der Waals surface area contributed by atoms with Crippen molar-refractivity contribution in [1.82, 2.24) is 10.2 Å². The Bertz CT molecular complexity index is 878. The first-order valence-corrected chi connectivity index (χ1v) is 12.1. The van der Waals surface area contributed by atoms with Crippen molar-refractivity contribution in [3.8, 4) is 0 Å². The molecule has 9 nitrogen and oxygen atoms in total. The van der Waals surface area contributed by atoms with Gasteiger partial charge in [-0.2, -0.15) is 0 Å². The molecule has 1 saturated heterocycles. The number of hydrogen-bond acceptors (Lipinski definition) is 9. The maximum absolute atomic E-state index is 13.1. The smallest absolute Gasteiger partial charge is 0.377 e. The zero-order valence-corrected chi connectivity index (χ0v) is 18.6. The van der Waals surface area contributed by atoms with Crippen LogP contribution in [0.5, 0.6) is 0 Å². The molecule has 2 aliphatic heterocycles.